The van der Waals surface area contributed by atoms with Crippen molar-refractivity contribution < 1.29 is 23.8 Å². The smallest absolute Gasteiger partial charge is 0.339 e. The quantitative estimate of drug-likeness (QED) is 0.438. The van der Waals surface area contributed by atoms with Gasteiger partial charge in [-0.2, -0.15) is 9.61 Å². The zero-order chi connectivity index (χ0) is 24.3. The first-order valence-corrected chi connectivity index (χ1v) is 10.3. The van der Waals surface area contributed by atoms with E-state index in [4.69, 9.17) is 4.74 Å². The molecule has 0 saturated heterocycles. The van der Waals surface area contributed by atoms with Gasteiger partial charge in [-0.1, -0.05) is 0 Å². The zero-order valence-electron chi connectivity index (χ0n) is 19.1. The van der Waals surface area contributed by atoms with Crippen molar-refractivity contribution in [3.05, 3.63) is 41.9 Å². The number of alkyl halides is 1. The highest BCUT2D eigenvalue weighted by molar-refractivity contribution is 5.99. The molecule has 3 aromatic rings. The first kappa shape index (κ1) is 24.1. The number of hydrogen-bond donors (Lipinski definition) is 3. The molecule has 0 aliphatic carbocycles. The molecule has 0 fully saturated rings. The lowest BCUT2D eigenvalue weighted by atomic mass is 10.0. The van der Waals surface area contributed by atoms with Crippen LogP contribution < -0.4 is 10.6 Å². The normalized spacial score (nSPS) is 12.6. The van der Waals surface area contributed by atoms with Gasteiger partial charge in [0.2, 0.25) is 0 Å². The van der Waals surface area contributed by atoms with Crippen LogP contribution in [0.25, 0.3) is 16.9 Å². The number of aromatic nitrogens is 4. The highest BCUT2D eigenvalue weighted by Crippen LogP contribution is 2.24. The molecule has 0 aromatic carbocycles. The summed E-state index contributed by atoms with van der Waals surface area (Å²) in [5, 5.41) is 20.0. The molecule has 1 amide bonds. The Labute approximate surface area is 190 Å². The summed E-state index contributed by atoms with van der Waals surface area (Å²) in [5.74, 6) is -0.718. The van der Waals surface area contributed by atoms with E-state index in [9.17, 15) is 19.1 Å². The number of fused-ring (bicyclic) bond motifs is 1. The van der Waals surface area contributed by atoms with Gasteiger partial charge in [-0.05, 0) is 33.8 Å². The van der Waals surface area contributed by atoms with Crippen LogP contribution in [0.3, 0.4) is 0 Å². The minimum Gasteiger partial charge on any atom is -0.465 e. The van der Waals surface area contributed by atoms with Crippen LogP contribution in [0.5, 0.6) is 0 Å². The van der Waals surface area contributed by atoms with Gasteiger partial charge in [-0.25, -0.2) is 14.2 Å². The first-order chi connectivity index (χ1) is 15.5. The molecule has 3 rings (SSSR count). The summed E-state index contributed by atoms with van der Waals surface area (Å²) in [5.41, 5.74) is 0.348. The van der Waals surface area contributed by atoms with Gasteiger partial charge in [0.15, 0.2) is 5.65 Å². The predicted octanol–water partition coefficient (Wildman–Crippen LogP) is 2.24. The maximum atomic E-state index is 14.1. The minimum atomic E-state index is -1.65. The van der Waals surface area contributed by atoms with Gasteiger partial charge in [0.25, 0.3) is 5.91 Å². The number of hydrogen-bond acceptors (Lipinski definition) is 8. The average molecular weight is 458 g/mol. The average Bonchev–Trinajstić information content (AvgIpc) is 3.21. The molecule has 0 unspecified atom stereocenters. The molecule has 0 aliphatic rings. The number of aliphatic hydroxyl groups is 1. The van der Waals surface area contributed by atoms with Gasteiger partial charge in [0.05, 0.1) is 30.5 Å². The number of methoxy groups -OCH3 is 1. The summed E-state index contributed by atoms with van der Waals surface area (Å²) >= 11 is 0. The van der Waals surface area contributed by atoms with Gasteiger partial charge in [-0.15, -0.1) is 0 Å². The third-order valence-electron chi connectivity index (χ3n) is 4.82. The Morgan fingerprint density at radius 1 is 1.24 bits per heavy atom. The molecule has 0 aliphatic heterocycles. The van der Waals surface area contributed by atoms with E-state index in [1.165, 1.54) is 37.9 Å². The van der Waals surface area contributed by atoms with Crippen LogP contribution in [0.1, 0.15) is 48.4 Å². The van der Waals surface area contributed by atoms with Crippen molar-refractivity contribution in [2.24, 2.45) is 0 Å². The number of nitrogens with one attached hydrogen (secondary N) is 2. The van der Waals surface area contributed by atoms with Crippen molar-refractivity contribution in [2.45, 2.75) is 45.5 Å². The monoisotopic (exact) mass is 458 g/mol. The van der Waals surface area contributed by atoms with Crippen molar-refractivity contribution >= 4 is 23.3 Å². The molecule has 0 saturated carbocycles. The van der Waals surface area contributed by atoms with E-state index in [0.29, 0.717) is 22.7 Å². The van der Waals surface area contributed by atoms with Crippen molar-refractivity contribution in [3.8, 4) is 11.3 Å². The lowest BCUT2D eigenvalue weighted by Crippen LogP contribution is -2.42. The number of esters is 1. The molecule has 176 valence electrons. The highest BCUT2D eigenvalue weighted by Gasteiger charge is 2.27. The van der Waals surface area contributed by atoms with Crippen molar-refractivity contribution in [1.29, 1.82) is 0 Å². The third kappa shape index (κ3) is 5.43. The lowest BCUT2D eigenvalue weighted by Gasteiger charge is -2.22. The predicted molar refractivity (Wildman–Crippen MR) is 120 cm³/mol. The number of anilines is 1. The number of amides is 1. The minimum absolute atomic E-state index is 0.0515. The molecule has 3 N–H and O–H groups in total. The largest absolute Gasteiger partial charge is 0.465 e. The fourth-order valence-corrected chi connectivity index (χ4v) is 2.99. The van der Waals surface area contributed by atoms with Crippen molar-refractivity contribution in [3.63, 3.8) is 0 Å². The molecular formula is C22H27FN6O4. The molecule has 0 bridgehead atoms. The van der Waals surface area contributed by atoms with Gasteiger partial charge in [0.1, 0.15) is 17.6 Å². The first-order valence-electron chi connectivity index (χ1n) is 10.3. The number of rotatable bonds is 8. The molecule has 0 spiro atoms. The summed E-state index contributed by atoms with van der Waals surface area (Å²) < 4.78 is 20.3. The highest BCUT2D eigenvalue weighted by atomic mass is 19.1. The molecule has 3 heterocycles. The van der Waals surface area contributed by atoms with E-state index in [1.54, 1.807) is 18.3 Å². The van der Waals surface area contributed by atoms with Crippen LogP contribution in [0.2, 0.25) is 0 Å². The number of halogens is 1. The van der Waals surface area contributed by atoms with Crippen LogP contribution in [-0.4, -0.2) is 68.0 Å². The molecule has 33 heavy (non-hydrogen) atoms. The maximum Gasteiger partial charge on any atom is 0.339 e. The maximum absolute atomic E-state index is 14.1. The van der Waals surface area contributed by atoms with Gasteiger partial charge < -0.3 is 20.5 Å². The number of ether oxygens (including phenoxy) is 1. The molecule has 0 radical (unpaired) electrons. The van der Waals surface area contributed by atoms with Crippen LogP contribution in [0, 0.1) is 0 Å². The Balaban J connectivity index is 2.00. The van der Waals surface area contributed by atoms with Crippen molar-refractivity contribution in [2.75, 3.05) is 19.0 Å². The van der Waals surface area contributed by atoms with Gasteiger partial charge in [-0.3, -0.25) is 9.78 Å². The second kappa shape index (κ2) is 9.49. The van der Waals surface area contributed by atoms with Crippen LogP contribution in [0.15, 0.2) is 30.7 Å². The van der Waals surface area contributed by atoms with Crippen LogP contribution in [-0.2, 0) is 4.74 Å². The number of pyridine rings is 1. The topological polar surface area (TPSA) is 131 Å². The van der Waals surface area contributed by atoms with E-state index >= 15 is 0 Å². The summed E-state index contributed by atoms with van der Waals surface area (Å²) in [6.45, 7) is 6.09. The van der Waals surface area contributed by atoms with E-state index < -0.39 is 23.6 Å². The molecule has 10 nitrogen and oxygen atoms in total. The van der Waals surface area contributed by atoms with Crippen molar-refractivity contribution in [1.82, 2.24) is 24.9 Å². The molecular weight excluding hydrogens is 431 g/mol. The Morgan fingerprint density at radius 3 is 2.61 bits per heavy atom. The van der Waals surface area contributed by atoms with Gasteiger partial charge in [0, 0.05) is 36.3 Å². The third-order valence-corrected chi connectivity index (χ3v) is 4.82. The van der Waals surface area contributed by atoms with Crippen LogP contribution >= 0.6 is 0 Å². The number of nitrogens with zero attached hydrogens (tertiary/aromatic N) is 4. The van der Waals surface area contributed by atoms with Gasteiger partial charge >= 0.3 is 5.97 Å². The second-order valence-corrected chi connectivity index (χ2v) is 8.40. The Morgan fingerprint density at radius 2 is 1.97 bits per heavy atom. The van der Waals surface area contributed by atoms with E-state index in [-0.39, 0.29) is 23.7 Å². The summed E-state index contributed by atoms with van der Waals surface area (Å²) in [6, 6.07) is 3.24. The second-order valence-electron chi connectivity index (χ2n) is 8.40. The van der Waals surface area contributed by atoms with E-state index in [2.05, 4.69) is 25.7 Å². The SMILES string of the molecule is COC(=O)c1cncc(-c2cc3ncc(C(=O)NC[C@@H](F)C(C)(C)O)c(NC(C)C)n3n2)c1. The molecule has 3 aromatic heterocycles. The Bertz CT molecular complexity index is 1170. The fraction of sp³-hybridized carbons (Fsp3) is 0.409. The van der Waals surface area contributed by atoms with Crippen LogP contribution in [0.4, 0.5) is 10.2 Å². The Kier molecular flexibility index (Phi) is 6.92. The zero-order valence-corrected chi connectivity index (χ0v) is 19.1. The summed E-state index contributed by atoms with van der Waals surface area (Å²) in [4.78, 5) is 33.0. The Hall–Kier alpha value is -3.60. The summed E-state index contributed by atoms with van der Waals surface area (Å²) in [7, 11) is 1.28. The molecule has 11 heteroatoms. The lowest BCUT2D eigenvalue weighted by molar-refractivity contribution is -0.00178. The molecule has 1 atom stereocenters. The fourth-order valence-electron chi connectivity index (χ4n) is 2.99. The number of carbonyl (C=O) groups excluding carboxylic acids is 2. The van der Waals surface area contributed by atoms with E-state index in [0.717, 1.165) is 0 Å². The number of carbonyl (C=O) groups is 2. The van der Waals surface area contributed by atoms with E-state index in [1.807, 2.05) is 13.8 Å². The standard InChI is InChI=1S/C22H27FN6O4/c1-12(2)27-19-15(20(30)26-11-17(23)22(3,4)32)10-25-18-7-16(28-29(18)19)13-6-14(9-24-8-13)21(31)33-5/h6-10,12,17,27,32H,11H2,1-5H3,(H,26,30)/t17-/m1/s1. The summed E-state index contributed by atoms with van der Waals surface area (Å²) in [6.07, 6.45) is 2.67.